The van der Waals surface area contributed by atoms with E-state index in [4.69, 9.17) is 4.98 Å². The topological polar surface area (TPSA) is 42.5 Å². The number of hydrogen-bond donors (Lipinski definition) is 0. The highest BCUT2D eigenvalue weighted by Crippen LogP contribution is 2.36. The zero-order valence-electron chi connectivity index (χ0n) is 19.2. The molecule has 0 amide bonds. The Morgan fingerprint density at radius 2 is 1.70 bits per heavy atom. The van der Waals surface area contributed by atoms with Crippen LogP contribution in [0.15, 0.2) is 30.9 Å². The van der Waals surface area contributed by atoms with Gasteiger partial charge in [0.2, 0.25) is 0 Å². The minimum absolute atomic E-state index is 0.182. The largest absolute Gasteiger partial charge is 0.287 e. The molecule has 0 bridgehead atoms. The zero-order chi connectivity index (χ0) is 21.6. The Morgan fingerprint density at radius 3 is 2.37 bits per heavy atom. The lowest BCUT2D eigenvalue weighted by Crippen LogP contribution is -2.33. The van der Waals surface area contributed by atoms with Crippen molar-refractivity contribution >= 4 is 11.6 Å². The molecular weight excluding hydrogens is 368 g/mol. The summed E-state index contributed by atoms with van der Waals surface area (Å²) in [5, 5.41) is 0. The summed E-state index contributed by atoms with van der Waals surface area (Å²) in [6, 6.07) is 4.54. The Bertz CT molecular complexity index is 1150. The number of aryl methyl sites for hydroxylation is 3. The van der Waals surface area contributed by atoms with Crippen LogP contribution in [0.4, 0.5) is 0 Å². The Morgan fingerprint density at radius 1 is 1.00 bits per heavy atom. The number of rotatable bonds is 3. The van der Waals surface area contributed by atoms with Crippen LogP contribution in [0.3, 0.4) is 0 Å². The standard InChI is InChI=1S/C26H31N4/c1-16-8-17(2)18(3)21(9-16)25-22-10-19(11-23(22)29-15-30(25)7)20-13-27-24(28-14-20)12-26(4,5)6/h8-9,11,13-15H,10,12H2,1-7H3/q+1. The molecule has 0 saturated carbocycles. The first kappa shape index (κ1) is 20.4. The molecule has 1 aliphatic rings. The van der Waals surface area contributed by atoms with Crippen molar-refractivity contribution in [2.45, 2.75) is 54.4 Å². The smallest absolute Gasteiger partial charge is 0.241 e. The highest BCUT2D eigenvalue weighted by Gasteiger charge is 2.28. The first-order valence-corrected chi connectivity index (χ1v) is 10.6. The van der Waals surface area contributed by atoms with Gasteiger partial charge in [0, 0.05) is 36.4 Å². The van der Waals surface area contributed by atoms with Gasteiger partial charge in [-0.1, -0.05) is 32.4 Å². The zero-order valence-corrected chi connectivity index (χ0v) is 19.2. The molecule has 2 aromatic heterocycles. The van der Waals surface area contributed by atoms with Gasteiger partial charge in [-0.25, -0.2) is 14.5 Å². The van der Waals surface area contributed by atoms with E-state index >= 15 is 0 Å². The molecule has 30 heavy (non-hydrogen) atoms. The quantitative estimate of drug-likeness (QED) is 0.584. The minimum Gasteiger partial charge on any atom is -0.241 e. The molecule has 0 aliphatic heterocycles. The van der Waals surface area contributed by atoms with E-state index in [1.54, 1.807) is 0 Å². The van der Waals surface area contributed by atoms with Gasteiger partial charge in [0.15, 0.2) is 5.69 Å². The van der Waals surface area contributed by atoms with Gasteiger partial charge in [-0.15, -0.1) is 0 Å². The first-order chi connectivity index (χ1) is 14.1. The lowest BCUT2D eigenvalue weighted by atomic mass is 9.92. The molecule has 1 aliphatic carbocycles. The summed E-state index contributed by atoms with van der Waals surface area (Å²) in [6.07, 6.45) is 9.77. The maximum absolute atomic E-state index is 4.71. The van der Waals surface area contributed by atoms with E-state index in [9.17, 15) is 0 Å². The minimum atomic E-state index is 0.182. The Hall–Kier alpha value is -2.88. The fraction of sp³-hybridized carbons (Fsp3) is 0.385. The third kappa shape index (κ3) is 3.91. The molecule has 0 atom stereocenters. The number of nitrogens with zero attached hydrogens (tertiary/aromatic N) is 4. The second-order valence-corrected chi connectivity index (χ2v) is 9.79. The number of fused-ring (bicyclic) bond motifs is 1. The summed E-state index contributed by atoms with van der Waals surface area (Å²) in [5.74, 6) is 0.901. The molecule has 0 saturated heterocycles. The van der Waals surface area contributed by atoms with Crippen LogP contribution in [0.1, 0.15) is 60.1 Å². The fourth-order valence-electron chi connectivity index (χ4n) is 4.23. The van der Waals surface area contributed by atoms with Gasteiger partial charge in [-0.3, -0.25) is 0 Å². The molecule has 0 spiro atoms. The van der Waals surface area contributed by atoms with Crippen LogP contribution in [0.5, 0.6) is 0 Å². The van der Waals surface area contributed by atoms with E-state index in [0.29, 0.717) is 0 Å². The SMILES string of the molecule is Cc1cc(C)c(C)c(-c2c3c(nc[n+]2C)C=C(c2cnc(CC(C)(C)C)nc2)C3)c1. The maximum Gasteiger partial charge on any atom is 0.287 e. The molecular formula is C26H31N4+. The van der Waals surface area contributed by atoms with Crippen molar-refractivity contribution in [3.05, 3.63) is 70.2 Å². The highest BCUT2D eigenvalue weighted by atomic mass is 15.0. The predicted octanol–water partition coefficient (Wildman–Crippen LogP) is 4.97. The second-order valence-electron chi connectivity index (χ2n) is 9.79. The molecule has 1 aromatic carbocycles. The summed E-state index contributed by atoms with van der Waals surface area (Å²) < 4.78 is 2.15. The third-order valence-corrected chi connectivity index (χ3v) is 5.83. The highest BCUT2D eigenvalue weighted by molar-refractivity contribution is 5.89. The van der Waals surface area contributed by atoms with Crippen molar-refractivity contribution in [2.24, 2.45) is 12.5 Å². The molecule has 3 aromatic rings. The van der Waals surface area contributed by atoms with E-state index in [0.717, 1.165) is 29.9 Å². The predicted molar refractivity (Wildman–Crippen MR) is 122 cm³/mol. The van der Waals surface area contributed by atoms with Gasteiger partial charge in [0.05, 0.1) is 12.6 Å². The summed E-state index contributed by atoms with van der Waals surface area (Å²) in [7, 11) is 2.09. The molecule has 4 rings (SSSR count). The van der Waals surface area contributed by atoms with Gasteiger partial charge in [-0.2, -0.15) is 0 Å². The Labute approximate surface area is 179 Å². The van der Waals surface area contributed by atoms with Gasteiger partial charge < -0.3 is 0 Å². The van der Waals surface area contributed by atoms with Gasteiger partial charge in [0.25, 0.3) is 6.33 Å². The molecule has 4 nitrogen and oxygen atoms in total. The normalized spacial score (nSPS) is 13.4. The van der Waals surface area contributed by atoms with Gasteiger partial charge in [0.1, 0.15) is 11.5 Å². The van der Waals surface area contributed by atoms with Crippen molar-refractivity contribution < 1.29 is 4.57 Å². The second kappa shape index (κ2) is 7.42. The van der Waals surface area contributed by atoms with E-state index < -0.39 is 0 Å². The van der Waals surface area contributed by atoms with E-state index in [-0.39, 0.29) is 5.41 Å². The van der Waals surface area contributed by atoms with Crippen LogP contribution < -0.4 is 4.57 Å². The molecule has 154 valence electrons. The number of benzene rings is 1. The van der Waals surface area contributed by atoms with Gasteiger partial charge >= 0.3 is 0 Å². The van der Waals surface area contributed by atoms with Crippen molar-refractivity contribution in [1.29, 1.82) is 0 Å². The summed E-state index contributed by atoms with van der Waals surface area (Å²) in [6.45, 7) is 13.2. The lowest BCUT2D eigenvalue weighted by molar-refractivity contribution is -0.663. The van der Waals surface area contributed by atoms with Crippen molar-refractivity contribution in [2.75, 3.05) is 0 Å². The average Bonchev–Trinajstić information content (AvgIpc) is 3.08. The van der Waals surface area contributed by atoms with E-state index in [1.807, 2.05) is 18.7 Å². The maximum atomic E-state index is 4.71. The first-order valence-electron chi connectivity index (χ1n) is 10.6. The molecule has 0 radical (unpaired) electrons. The summed E-state index contributed by atoms with van der Waals surface area (Å²) in [4.78, 5) is 14.0. The van der Waals surface area contributed by atoms with Crippen molar-refractivity contribution in [3.63, 3.8) is 0 Å². The van der Waals surface area contributed by atoms with E-state index in [1.165, 1.54) is 39.1 Å². The van der Waals surface area contributed by atoms with Crippen LogP contribution in [-0.2, 0) is 19.9 Å². The number of hydrogen-bond acceptors (Lipinski definition) is 3. The molecule has 4 heteroatoms. The number of aromatic nitrogens is 4. The average molecular weight is 400 g/mol. The van der Waals surface area contributed by atoms with Crippen LogP contribution in [0.25, 0.3) is 22.9 Å². The summed E-state index contributed by atoms with van der Waals surface area (Å²) >= 11 is 0. The monoisotopic (exact) mass is 399 g/mol. The fourth-order valence-corrected chi connectivity index (χ4v) is 4.23. The molecule has 0 unspecified atom stereocenters. The van der Waals surface area contributed by atoms with Crippen LogP contribution in [0.2, 0.25) is 0 Å². The van der Waals surface area contributed by atoms with Crippen LogP contribution in [-0.4, -0.2) is 15.0 Å². The van der Waals surface area contributed by atoms with Crippen LogP contribution >= 0.6 is 0 Å². The molecule has 2 heterocycles. The van der Waals surface area contributed by atoms with Crippen molar-refractivity contribution in [1.82, 2.24) is 15.0 Å². The molecule has 0 N–H and O–H groups in total. The van der Waals surface area contributed by atoms with Gasteiger partial charge in [-0.05, 0) is 60.0 Å². The summed E-state index contributed by atoms with van der Waals surface area (Å²) in [5.41, 5.74) is 11.3. The Balaban J connectivity index is 1.71. The Kier molecular flexibility index (Phi) is 5.05. The van der Waals surface area contributed by atoms with E-state index in [2.05, 4.69) is 81.3 Å². The molecule has 0 fully saturated rings. The third-order valence-electron chi connectivity index (χ3n) is 5.83. The van der Waals surface area contributed by atoms with Crippen molar-refractivity contribution in [3.8, 4) is 11.3 Å². The van der Waals surface area contributed by atoms with Crippen LogP contribution in [0, 0.1) is 26.2 Å². The lowest BCUT2D eigenvalue weighted by Gasteiger charge is -2.16. The number of allylic oxidation sites excluding steroid dienone is 1.